The van der Waals surface area contributed by atoms with Crippen LogP contribution in [0.4, 0.5) is 18.0 Å². The minimum atomic E-state index is -4.57. The monoisotopic (exact) mass is 659 g/mol. The van der Waals surface area contributed by atoms with E-state index in [1.54, 1.807) is 21.9 Å². The molecule has 0 saturated carbocycles. The van der Waals surface area contributed by atoms with Crippen molar-refractivity contribution >= 4 is 34.4 Å². The van der Waals surface area contributed by atoms with Gasteiger partial charge >= 0.3 is 18.2 Å². The Morgan fingerprint density at radius 2 is 1.80 bits per heavy atom. The van der Waals surface area contributed by atoms with Gasteiger partial charge in [-0.25, -0.2) is 14.6 Å². The van der Waals surface area contributed by atoms with Crippen molar-refractivity contribution < 1.29 is 41.7 Å². The van der Waals surface area contributed by atoms with E-state index in [-0.39, 0.29) is 28.4 Å². The van der Waals surface area contributed by atoms with Crippen LogP contribution in [0.5, 0.6) is 11.5 Å². The maximum absolute atomic E-state index is 13.7. The van der Waals surface area contributed by atoms with E-state index in [1.807, 2.05) is 39.0 Å². The topological polar surface area (TPSA) is 92.1 Å². The molecule has 2 aromatic carbocycles. The van der Waals surface area contributed by atoms with Gasteiger partial charge in [-0.05, 0) is 58.7 Å². The van der Waals surface area contributed by atoms with Crippen LogP contribution in [0.3, 0.4) is 0 Å². The molecule has 0 bridgehead atoms. The smallest absolute Gasteiger partial charge is 0.416 e. The summed E-state index contributed by atoms with van der Waals surface area (Å²) in [5.41, 5.74) is -0.0619. The van der Waals surface area contributed by atoms with Crippen LogP contribution in [0.15, 0.2) is 54.9 Å². The Hall–Kier alpha value is -4.26. The highest BCUT2D eigenvalue weighted by molar-refractivity contribution is 7.16. The molecule has 3 heterocycles. The molecule has 1 fully saturated rings. The number of rotatable bonds is 7. The van der Waals surface area contributed by atoms with Gasteiger partial charge in [-0.2, -0.15) is 13.2 Å². The minimum Gasteiger partial charge on any atom is -0.490 e. The SMILES string of the molecule is COC(=O)c1sc(-n2cnc3ccc(OC4CCCN(C(=O)OC(C)(C)C)CC4)cc32)cc1O[C@H](C)c1ccccc1C(F)(F)F. The van der Waals surface area contributed by atoms with Crippen molar-refractivity contribution in [3.8, 4) is 16.5 Å². The lowest BCUT2D eigenvalue weighted by Gasteiger charge is -2.26. The summed E-state index contributed by atoms with van der Waals surface area (Å²) in [6.07, 6.45) is -2.27. The zero-order valence-corrected chi connectivity index (χ0v) is 27.0. The third-order valence-electron chi connectivity index (χ3n) is 7.45. The summed E-state index contributed by atoms with van der Waals surface area (Å²) in [4.78, 5) is 31.6. The molecule has 1 aliphatic heterocycles. The number of carbonyl (C=O) groups is 2. The number of likely N-dealkylation sites (tertiary alicyclic amines) is 1. The van der Waals surface area contributed by atoms with Gasteiger partial charge in [0.15, 0.2) is 4.88 Å². The number of aromatic nitrogens is 2. The van der Waals surface area contributed by atoms with E-state index in [0.717, 1.165) is 30.2 Å². The predicted octanol–water partition coefficient (Wildman–Crippen LogP) is 8.20. The normalized spacial score (nSPS) is 16.5. The number of carbonyl (C=O) groups excluding carboxylic acids is 2. The number of halogens is 3. The second kappa shape index (κ2) is 13.2. The molecule has 5 rings (SSSR count). The van der Waals surface area contributed by atoms with Gasteiger partial charge in [0.05, 0.1) is 23.7 Å². The zero-order chi connectivity index (χ0) is 33.2. The van der Waals surface area contributed by atoms with E-state index in [2.05, 4.69) is 4.98 Å². The van der Waals surface area contributed by atoms with Gasteiger partial charge in [-0.1, -0.05) is 18.2 Å². The quantitative estimate of drug-likeness (QED) is 0.185. The van der Waals surface area contributed by atoms with Crippen molar-refractivity contribution in [3.63, 3.8) is 0 Å². The molecule has 2 atom stereocenters. The van der Waals surface area contributed by atoms with Crippen LogP contribution in [0, 0.1) is 0 Å². The first-order valence-corrected chi connectivity index (χ1v) is 15.7. The molecule has 46 heavy (non-hydrogen) atoms. The number of imidazole rings is 1. The van der Waals surface area contributed by atoms with Crippen LogP contribution in [0.2, 0.25) is 0 Å². The maximum atomic E-state index is 13.7. The number of hydrogen-bond donors (Lipinski definition) is 0. The van der Waals surface area contributed by atoms with E-state index in [1.165, 1.54) is 32.2 Å². The minimum absolute atomic E-state index is 0.0545. The van der Waals surface area contributed by atoms with E-state index < -0.39 is 29.4 Å². The maximum Gasteiger partial charge on any atom is 0.416 e. The van der Waals surface area contributed by atoms with Crippen LogP contribution >= 0.6 is 11.3 Å². The molecule has 2 aromatic heterocycles. The fourth-order valence-corrected chi connectivity index (χ4v) is 6.28. The van der Waals surface area contributed by atoms with Crippen molar-refractivity contribution in [3.05, 3.63) is 70.9 Å². The first-order valence-electron chi connectivity index (χ1n) is 14.9. The Morgan fingerprint density at radius 1 is 1.04 bits per heavy atom. The van der Waals surface area contributed by atoms with Gasteiger partial charge in [-0.3, -0.25) is 4.57 Å². The Bertz CT molecular complexity index is 1710. The number of alkyl halides is 3. The molecule has 1 aliphatic rings. The van der Waals surface area contributed by atoms with Gasteiger partial charge < -0.3 is 23.8 Å². The number of ether oxygens (including phenoxy) is 4. The zero-order valence-electron chi connectivity index (χ0n) is 26.2. The Kier molecular flexibility index (Phi) is 9.52. The lowest BCUT2D eigenvalue weighted by atomic mass is 10.0. The van der Waals surface area contributed by atoms with E-state index in [4.69, 9.17) is 18.9 Å². The number of nitrogens with zero attached hydrogens (tertiary/aromatic N) is 3. The number of esters is 1. The number of thiophene rings is 1. The van der Waals surface area contributed by atoms with Crippen LogP contribution < -0.4 is 9.47 Å². The summed E-state index contributed by atoms with van der Waals surface area (Å²) < 4.78 is 65.6. The molecule has 1 amide bonds. The number of fused-ring (bicyclic) bond motifs is 1. The van der Waals surface area contributed by atoms with Gasteiger partial charge in [0.2, 0.25) is 0 Å². The standard InChI is InChI=1S/C33H36F3N3O6S/c1-20(23-10-6-7-11-24(23)33(34,35)36)43-27-18-28(46-29(27)30(40)42-5)39-19-37-25-13-12-22(17-26(25)39)44-21-9-8-15-38(16-14-21)31(41)45-32(2,3)4/h6-7,10-13,17-21H,8-9,14-16H2,1-5H3/t20-,21?/m1/s1. The van der Waals surface area contributed by atoms with E-state index >= 15 is 0 Å². The first kappa shape index (κ1) is 33.1. The molecule has 0 aliphatic carbocycles. The number of benzene rings is 2. The highest BCUT2D eigenvalue weighted by atomic mass is 32.1. The summed E-state index contributed by atoms with van der Waals surface area (Å²) in [7, 11) is 1.23. The third kappa shape index (κ3) is 7.57. The average Bonchev–Trinajstić information content (AvgIpc) is 3.52. The molecule has 0 radical (unpaired) electrons. The largest absolute Gasteiger partial charge is 0.490 e. The Labute approximate surface area is 268 Å². The van der Waals surface area contributed by atoms with Crippen LogP contribution in [0.1, 0.15) is 73.9 Å². The average molecular weight is 660 g/mol. The molecular formula is C33H36F3N3O6S. The van der Waals surface area contributed by atoms with Gasteiger partial charge in [-0.15, -0.1) is 11.3 Å². The molecule has 1 saturated heterocycles. The summed E-state index contributed by atoms with van der Waals surface area (Å²) in [6, 6.07) is 12.3. The Balaban J connectivity index is 1.37. The molecule has 13 heteroatoms. The van der Waals surface area contributed by atoms with Crippen molar-refractivity contribution in [1.29, 1.82) is 0 Å². The molecule has 4 aromatic rings. The molecule has 9 nitrogen and oxygen atoms in total. The van der Waals surface area contributed by atoms with Crippen molar-refractivity contribution in [2.75, 3.05) is 20.2 Å². The van der Waals surface area contributed by atoms with E-state index in [9.17, 15) is 22.8 Å². The van der Waals surface area contributed by atoms with Crippen LogP contribution in [-0.4, -0.2) is 58.4 Å². The van der Waals surface area contributed by atoms with Crippen molar-refractivity contribution in [2.24, 2.45) is 0 Å². The lowest BCUT2D eigenvalue weighted by molar-refractivity contribution is -0.139. The molecule has 1 unspecified atom stereocenters. The highest BCUT2D eigenvalue weighted by Gasteiger charge is 2.35. The second-order valence-corrected chi connectivity index (χ2v) is 13.0. The molecular weight excluding hydrogens is 623 g/mol. The van der Waals surface area contributed by atoms with Gasteiger partial charge in [0.25, 0.3) is 0 Å². The first-order chi connectivity index (χ1) is 21.7. The fourth-order valence-electron chi connectivity index (χ4n) is 5.29. The summed E-state index contributed by atoms with van der Waals surface area (Å²) in [6.45, 7) is 8.13. The van der Waals surface area contributed by atoms with Crippen molar-refractivity contribution in [1.82, 2.24) is 14.5 Å². The summed E-state index contributed by atoms with van der Waals surface area (Å²) in [5, 5.41) is 0.550. The predicted molar refractivity (Wildman–Crippen MR) is 167 cm³/mol. The molecule has 0 N–H and O–H groups in total. The Morgan fingerprint density at radius 3 is 2.52 bits per heavy atom. The van der Waals surface area contributed by atoms with Crippen LogP contribution in [0.25, 0.3) is 16.0 Å². The number of hydrogen-bond acceptors (Lipinski definition) is 8. The summed E-state index contributed by atoms with van der Waals surface area (Å²) in [5.74, 6) is 0.0342. The van der Waals surface area contributed by atoms with Gasteiger partial charge in [0.1, 0.15) is 40.6 Å². The number of methoxy groups -OCH3 is 1. The lowest BCUT2D eigenvalue weighted by Crippen LogP contribution is -2.37. The molecule has 246 valence electrons. The fraction of sp³-hybridized carbons (Fsp3) is 0.424. The summed E-state index contributed by atoms with van der Waals surface area (Å²) >= 11 is 1.07. The second-order valence-electron chi connectivity index (χ2n) is 12.0. The van der Waals surface area contributed by atoms with Crippen molar-refractivity contribution in [2.45, 2.75) is 70.9 Å². The molecule has 0 spiro atoms. The van der Waals surface area contributed by atoms with E-state index in [0.29, 0.717) is 41.3 Å². The third-order valence-corrected chi connectivity index (χ3v) is 8.55. The number of amides is 1. The van der Waals surface area contributed by atoms with Gasteiger partial charge in [0, 0.05) is 37.2 Å². The highest BCUT2D eigenvalue weighted by Crippen LogP contribution is 2.40. The van der Waals surface area contributed by atoms with Crippen LogP contribution in [-0.2, 0) is 15.7 Å².